The topological polar surface area (TPSA) is 64.1 Å². The molecule has 0 bridgehead atoms. The predicted molar refractivity (Wildman–Crippen MR) is 63.8 cm³/mol. The fraction of sp³-hybridized carbons (Fsp3) is 0.0833. The van der Waals surface area contributed by atoms with Gasteiger partial charge in [-0.3, -0.25) is 4.98 Å². The Kier molecular flexibility index (Phi) is 3.30. The number of carbonyl (C=O) groups excluding carboxylic acids is 1. The van der Waals surface area contributed by atoms with Crippen molar-refractivity contribution >= 4 is 17.0 Å². The number of carbonyl (C=O) groups is 1. The zero-order valence-electron chi connectivity index (χ0n) is 9.09. The molecule has 17 heavy (non-hydrogen) atoms. The van der Waals surface area contributed by atoms with Gasteiger partial charge in [-0.2, -0.15) is 0 Å². The number of amides is 1. The van der Waals surface area contributed by atoms with Gasteiger partial charge in [0.05, 0.1) is 5.52 Å². The summed E-state index contributed by atoms with van der Waals surface area (Å²) in [6.07, 6.45) is 4.35. The molecule has 0 fully saturated rings. The van der Waals surface area contributed by atoms with Crippen molar-refractivity contribution in [1.29, 1.82) is 0 Å². The Labute approximate surface area is 98.1 Å². The largest absolute Gasteiger partial charge is 0.414 e. The zero-order valence-corrected chi connectivity index (χ0v) is 9.09. The molecule has 86 valence electrons. The Morgan fingerprint density at radius 1 is 1.47 bits per heavy atom. The number of ether oxygens (including phenoxy) is 1. The van der Waals surface area contributed by atoms with Crippen LogP contribution in [0.3, 0.4) is 0 Å². The van der Waals surface area contributed by atoms with Gasteiger partial charge in [-0.15, -0.1) is 6.58 Å². The van der Waals surface area contributed by atoms with Crippen LogP contribution in [-0.2, 0) is 0 Å². The molecule has 2 heterocycles. The van der Waals surface area contributed by atoms with E-state index in [0.29, 0.717) is 6.54 Å². The third kappa shape index (κ3) is 2.78. The van der Waals surface area contributed by atoms with E-state index in [1.165, 1.54) is 0 Å². The number of hydrogen-bond donors (Lipinski definition) is 1. The summed E-state index contributed by atoms with van der Waals surface area (Å²) in [5.74, 6) is 0.255. The summed E-state index contributed by atoms with van der Waals surface area (Å²) >= 11 is 0. The average molecular weight is 229 g/mol. The summed E-state index contributed by atoms with van der Waals surface area (Å²) < 4.78 is 5.00. The van der Waals surface area contributed by atoms with Gasteiger partial charge in [-0.1, -0.05) is 6.08 Å². The van der Waals surface area contributed by atoms with Crippen molar-refractivity contribution in [3.05, 3.63) is 43.2 Å². The fourth-order valence-electron chi connectivity index (χ4n) is 1.29. The summed E-state index contributed by atoms with van der Waals surface area (Å²) in [7, 11) is 0. The summed E-state index contributed by atoms with van der Waals surface area (Å²) in [6.45, 7) is 3.85. The van der Waals surface area contributed by atoms with Gasteiger partial charge in [-0.25, -0.2) is 9.78 Å². The van der Waals surface area contributed by atoms with Gasteiger partial charge in [0.1, 0.15) is 0 Å². The first kappa shape index (κ1) is 11.1. The Balaban J connectivity index is 2.13. The molecule has 5 nitrogen and oxygen atoms in total. The molecule has 0 atom stereocenters. The highest BCUT2D eigenvalue weighted by Crippen LogP contribution is 2.14. The van der Waals surface area contributed by atoms with E-state index in [1.807, 2.05) is 0 Å². The molecule has 2 aromatic heterocycles. The summed E-state index contributed by atoms with van der Waals surface area (Å²) in [4.78, 5) is 19.4. The standard InChI is InChI=1S/C12H11N3O2/c1-2-6-14-12(16)17-11-4-3-9-8-13-7-5-10(9)15-11/h2-5,7-8H,1,6H2,(H,14,16). The molecule has 0 unspecified atom stereocenters. The Hall–Kier alpha value is -2.43. The minimum atomic E-state index is -0.550. The lowest BCUT2D eigenvalue weighted by molar-refractivity contribution is 0.200. The molecule has 0 aromatic carbocycles. The Morgan fingerprint density at radius 3 is 3.18 bits per heavy atom. The second kappa shape index (κ2) is 5.07. The second-order valence-corrected chi connectivity index (χ2v) is 3.28. The molecule has 1 amide bonds. The highest BCUT2D eigenvalue weighted by Gasteiger charge is 2.04. The quantitative estimate of drug-likeness (QED) is 0.816. The van der Waals surface area contributed by atoms with Crippen LogP contribution in [0.5, 0.6) is 5.88 Å². The van der Waals surface area contributed by atoms with Gasteiger partial charge in [-0.05, 0) is 12.1 Å². The van der Waals surface area contributed by atoms with E-state index in [4.69, 9.17) is 4.74 Å². The molecule has 0 spiro atoms. The number of hydrogen-bond acceptors (Lipinski definition) is 4. The van der Waals surface area contributed by atoms with Crippen molar-refractivity contribution < 1.29 is 9.53 Å². The molecule has 0 radical (unpaired) electrons. The molecule has 0 aliphatic carbocycles. The third-order valence-corrected chi connectivity index (χ3v) is 2.05. The minimum absolute atomic E-state index is 0.255. The van der Waals surface area contributed by atoms with Crippen LogP contribution >= 0.6 is 0 Å². The molecular weight excluding hydrogens is 218 g/mol. The monoisotopic (exact) mass is 229 g/mol. The van der Waals surface area contributed by atoms with Crippen molar-refractivity contribution in [2.24, 2.45) is 0 Å². The van der Waals surface area contributed by atoms with E-state index in [-0.39, 0.29) is 5.88 Å². The zero-order chi connectivity index (χ0) is 12.1. The first-order valence-electron chi connectivity index (χ1n) is 5.07. The maximum Gasteiger partial charge on any atom is 0.414 e. The van der Waals surface area contributed by atoms with E-state index in [1.54, 1.807) is 36.7 Å². The number of pyridine rings is 2. The van der Waals surface area contributed by atoms with Gasteiger partial charge in [0.2, 0.25) is 5.88 Å². The van der Waals surface area contributed by atoms with Crippen LogP contribution in [0.4, 0.5) is 4.79 Å². The second-order valence-electron chi connectivity index (χ2n) is 3.28. The van der Waals surface area contributed by atoms with Crippen LogP contribution in [0, 0.1) is 0 Å². The van der Waals surface area contributed by atoms with Crippen molar-refractivity contribution in [2.75, 3.05) is 6.54 Å². The molecule has 2 rings (SSSR count). The van der Waals surface area contributed by atoms with Crippen LogP contribution in [-0.4, -0.2) is 22.6 Å². The number of fused-ring (bicyclic) bond motifs is 1. The molecule has 2 aromatic rings. The minimum Gasteiger partial charge on any atom is -0.391 e. The lowest BCUT2D eigenvalue weighted by atomic mass is 10.3. The van der Waals surface area contributed by atoms with Crippen LogP contribution in [0.2, 0.25) is 0 Å². The van der Waals surface area contributed by atoms with Crippen molar-refractivity contribution in [3.63, 3.8) is 0 Å². The number of nitrogens with zero attached hydrogens (tertiary/aromatic N) is 2. The molecule has 5 heteroatoms. The smallest absolute Gasteiger partial charge is 0.391 e. The summed E-state index contributed by atoms with van der Waals surface area (Å²) in [6, 6.07) is 5.17. The lowest BCUT2D eigenvalue weighted by Gasteiger charge is -2.04. The number of nitrogens with one attached hydrogen (secondary N) is 1. The van der Waals surface area contributed by atoms with Gasteiger partial charge < -0.3 is 10.1 Å². The van der Waals surface area contributed by atoms with Crippen molar-refractivity contribution in [2.45, 2.75) is 0 Å². The van der Waals surface area contributed by atoms with Gasteiger partial charge >= 0.3 is 6.09 Å². The first-order chi connectivity index (χ1) is 8.29. The summed E-state index contributed by atoms with van der Waals surface area (Å²) in [5.41, 5.74) is 0.731. The molecular formula is C12H11N3O2. The number of aromatic nitrogens is 2. The molecule has 0 saturated heterocycles. The highest BCUT2D eigenvalue weighted by atomic mass is 16.6. The normalized spacial score (nSPS) is 9.88. The van der Waals surface area contributed by atoms with Crippen molar-refractivity contribution in [3.8, 4) is 5.88 Å². The number of rotatable bonds is 3. The third-order valence-electron chi connectivity index (χ3n) is 2.05. The maximum absolute atomic E-state index is 11.3. The highest BCUT2D eigenvalue weighted by molar-refractivity contribution is 5.78. The van der Waals surface area contributed by atoms with Gasteiger partial charge in [0.25, 0.3) is 0 Å². The van der Waals surface area contributed by atoms with Crippen LogP contribution in [0.15, 0.2) is 43.2 Å². The van der Waals surface area contributed by atoms with Gasteiger partial charge in [0, 0.05) is 30.4 Å². The predicted octanol–water partition coefficient (Wildman–Crippen LogP) is 1.90. The maximum atomic E-state index is 11.3. The van der Waals surface area contributed by atoms with Crippen LogP contribution < -0.4 is 10.1 Å². The first-order valence-corrected chi connectivity index (χ1v) is 5.07. The molecule has 1 N–H and O–H groups in total. The Morgan fingerprint density at radius 2 is 2.35 bits per heavy atom. The molecule has 0 aliphatic heterocycles. The fourth-order valence-corrected chi connectivity index (χ4v) is 1.29. The Bertz CT molecular complexity index is 554. The van der Waals surface area contributed by atoms with E-state index in [9.17, 15) is 4.79 Å². The molecule has 0 saturated carbocycles. The average Bonchev–Trinajstić information content (AvgIpc) is 2.36. The van der Waals surface area contributed by atoms with Crippen molar-refractivity contribution in [1.82, 2.24) is 15.3 Å². The van der Waals surface area contributed by atoms with Crippen LogP contribution in [0.25, 0.3) is 10.9 Å². The van der Waals surface area contributed by atoms with E-state index >= 15 is 0 Å². The van der Waals surface area contributed by atoms with Gasteiger partial charge in [0.15, 0.2) is 0 Å². The van der Waals surface area contributed by atoms with Crippen LogP contribution in [0.1, 0.15) is 0 Å². The lowest BCUT2D eigenvalue weighted by Crippen LogP contribution is -2.26. The van der Waals surface area contributed by atoms with E-state index < -0.39 is 6.09 Å². The summed E-state index contributed by atoms with van der Waals surface area (Å²) in [5, 5.41) is 3.39. The van der Waals surface area contributed by atoms with E-state index in [0.717, 1.165) is 10.9 Å². The molecule has 0 aliphatic rings. The SMILES string of the molecule is C=CCNC(=O)Oc1ccc2cnccc2n1. The van der Waals surface area contributed by atoms with E-state index in [2.05, 4.69) is 21.9 Å².